The number of aliphatic carboxylic acids is 2. The second-order valence-electron chi connectivity index (χ2n) is 8.50. The van der Waals surface area contributed by atoms with Gasteiger partial charge in [-0.15, -0.1) is 0 Å². The van der Waals surface area contributed by atoms with Crippen LogP contribution in [0.2, 0.25) is 0 Å². The van der Waals surface area contributed by atoms with Crippen molar-refractivity contribution in [1.82, 2.24) is 14.9 Å². The van der Waals surface area contributed by atoms with Crippen molar-refractivity contribution < 1.29 is 55.6 Å². The largest absolute Gasteiger partial charge is 0.490 e. The highest BCUT2D eigenvalue weighted by atomic mass is 19.4. The van der Waals surface area contributed by atoms with Gasteiger partial charge in [0.15, 0.2) is 0 Å². The second kappa shape index (κ2) is 14.7. The highest BCUT2D eigenvalue weighted by Gasteiger charge is 2.40. The molecule has 15 heteroatoms. The molecular formula is C24H27F6N3O6. The average Bonchev–Trinajstić information content (AvgIpc) is 3.27. The van der Waals surface area contributed by atoms with Gasteiger partial charge in [0.1, 0.15) is 0 Å². The number of nitrogens with zero attached hydrogens (tertiary/aromatic N) is 3. The van der Waals surface area contributed by atoms with E-state index in [4.69, 9.17) is 29.3 Å². The number of alkyl halides is 6. The van der Waals surface area contributed by atoms with Gasteiger partial charge >= 0.3 is 24.3 Å². The van der Waals surface area contributed by atoms with Gasteiger partial charge in [-0.2, -0.15) is 26.3 Å². The highest BCUT2D eigenvalue weighted by molar-refractivity contribution is 5.73. The molecule has 2 aliphatic heterocycles. The zero-order chi connectivity index (χ0) is 29.1. The zero-order valence-electron chi connectivity index (χ0n) is 20.4. The van der Waals surface area contributed by atoms with Crippen LogP contribution in [-0.2, 0) is 32.2 Å². The molecule has 0 aliphatic carbocycles. The Morgan fingerprint density at radius 3 is 2.18 bits per heavy atom. The number of pyridine rings is 2. The van der Waals surface area contributed by atoms with Gasteiger partial charge in [0.25, 0.3) is 0 Å². The minimum absolute atomic E-state index is 0.215. The lowest BCUT2D eigenvalue weighted by Crippen LogP contribution is -2.43. The Bertz CT molecular complexity index is 1000. The van der Waals surface area contributed by atoms with Gasteiger partial charge < -0.3 is 19.7 Å². The molecule has 39 heavy (non-hydrogen) atoms. The predicted molar refractivity (Wildman–Crippen MR) is 122 cm³/mol. The third kappa shape index (κ3) is 11.5. The number of carboxylic acid groups (broad SMARTS) is 2. The van der Waals surface area contributed by atoms with Crippen molar-refractivity contribution in [3.63, 3.8) is 0 Å². The summed E-state index contributed by atoms with van der Waals surface area (Å²) in [6.45, 7) is 3.29. The van der Waals surface area contributed by atoms with Gasteiger partial charge in [0.05, 0.1) is 31.1 Å². The van der Waals surface area contributed by atoms with Crippen LogP contribution in [0, 0.1) is 0 Å². The van der Waals surface area contributed by atoms with Crippen molar-refractivity contribution in [2.24, 2.45) is 0 Å². The molecule has 0 unspecified atom stereocenters. The van der Waals surface area contributed by atoms with Crippen molar-refractivity contribution in [2.45, 2.75) is 63.0 Å². The number of hydrogen-bond donors (Lipinski definition) is 2. The van der Waals surface area contributed by atoms with Crippen LogP contribution in [0.5, 0.6) is 0 Å². The highest BCUT2D eigenvalue weighted by Crippen LogP contribution is 2.32. The molecule has 2 N–H and O–H groups in total. The summed E-state index contributed by atoms with van der Waals surface area (Å²) in [5.41, 5.74) is 2.25. The van der Waals surface area contributed by atoms with Gasteiger partial charge in [-0.05, 0) is 43.0 Å². The lowest BCUT2D eigenvalue weighted by atomic mass is 9.99. The monoisotopic (exact) mass is 567 g/mol. The number of ether oxygens (including phenoxy) is 2. The van der Waals surface area contributed by atoms with E-state index in [2.05, 4.69) is 27.0 Å². The third-order valence-electron chi connectivity index (χ3n) is 5.62. The summed E-state index contributed by atoms with van der Waals surface area (Å²) in [5, 5.41) is 14.2. The number of aromatic nitrogens is 2. The maximum atomic E-state index is 10.6. The molecule has 216 valence electrons. The number of hydrogen-bond acceptors (Lipinski definition) is 7. The van der Waals surface area contributed by atoms with E-state index >= 15 is 0 Å². The summed E-state index contributed by atoms with van der Waals surface area (Å²) >= 11 is 0. The molecule has 0 amide bonds. The molecule has 0 saturated carbocycles. The molecule has 2 aliphatic rings. The van der Waals surface area contributed by atoms with E-state index < -0.39 is 24.3 Å². The number of carbonyl (C=O) groups is 2. The molecule has 0 bridgehead atoms. The summed E-state index contributed by atoms with van der Waals surface area (Å²) in [6.07, 6.45) is -0.760. The van der Waals surface area contributed by atoms with Crippen molar-refractivity contribution in [3.05, 3.63) is 60.2 Å². The maximum absolute atomic E-state index is 10.6. The first kappa shape index (κ1) is 31.9. The minimum atomic E-state index is -5.08. The van der Waals surface area contributed by atoms with Crippen LogP contribution in [0.1, 0.15) is 30.5 Å². The first-order valence-electron chi connectivity index (χ1n) is 11.6. The quantitative estimate of drug-likeness (QED) is 0.498. The fraction of sp³-hybridized carbons (Fsp3) is 0.500. The average molecular weight is 567 g/mol. The molecular weight excluding hydrogens is 540 g/mol. The van der Waals surface area contributed by atoms with Crippen LogP contribution in [-0.4, -0.2) is 80.8 Å². The second-order valence-corrected chi connectivity index (χ2v) is 8.50. The Kier molecular flexibility index (Phi) is 12.1. The Balaban J connectivity index is 0.000000317. The number of halogens is 6. The molecule has 2 aromatic heterocycles. The van der Waals surface area contributed by atoms with Crippen LogP contribution in [0.25, 0.3) is 0 Å². The molecule has 2 aromatic rings. The Labute approximate surface area is 219 Å². The smallest absolute Gasteiger partial charge is 0.475 e. The summed E-state index contributed by atoms with van der Waals surface area (Å²) in [4.78, 5) is 28.9. The van der Waals surface area contributed by atoms with Gasteiger partial charge in [-0.3, -0.25) is 14.9 Å². The van der Waals surface area contributed by atoms with E-state index in [1.54, 1.807) is 6.20 Å². The molecule has 0 spiro atoms. The fourth-order valence-electron chi connectivity index (χ4n) is 3.90. The summed E-state index contributed by atoms with van der Waals surface area (Å²) in [7, 11) is 0. The molecule has 0 radical (unpaired) electrons. The molecule has 3 atom stereocenters. The first-order chi connectivity index (χ1) is 18.3. The standard InChI is InChI=1S/C20H25N3O2.2C2HF3O2/c1-2-10-22-17(5-1)13-23-11-8-20-19(23)7-6-18(25-20)15-24-14-16-4-3-9-21-12-16;2*3-2(4,5)1(6)7/h1-5,9-10,12,18-20H,6-8,11,13-15H2;2*(H,6,7)/t18-,19+,20+;;/m1../s1. The van der Waals surface area contributed by atoms with E-state index in [1.165, 1.54) is 6.42 Å². The van der Waals surface area contributed by atoms with E-state index in [1.807, 2.05) is 30.6 Å². The van der Waals surface area contributed by atoms with Gasteiger partial charge in [0.2, 0.25) is 0 Å². The molecule has 2 fully saturated rings. The molecule has 4 heterocycles. The number of fused-ring (bicyclic) bond motifs is 1. The van der Waals surface area contributed by atoms with Crippen LogP contribution < -0.4 is 0 Å². The van der Waals surface area contributed by atoms with Crippen molar-refractivity contribution in [1.29, 1.82) is 0 Å². The lowest BCUT2D eigenvalue weighted by molar-refractivity contribution is -0.193. The predicted octanol–water partition coefficient (Wildman–Crippen LogP) is 4.08. The minimum Gasteiger partial charge on any atom is -0.475 e. The maximum Gasteiger partial charge on any atom is 0.490 e. The number of carboxylic acids is 2. The van der Waals surface area contributed by atoms with E-state index in [-0.39, 0.29) is 6.10 Å². The van der Waals surface area contributed by atoms with Crippen molar-refractivity contribution >= 4 is 11.9 Å². The van der Waals surface area contributed by atoms with Crippen LogP contribution in [0.15, 0.2) is 48.9 Å². The van der Waals surface area contributed by atoms with Gasteiger partial charge in [0, 0.05) is 37.7 Å². The fourth-order valence-corrected chi connectivity index (χ4v) is 3.90. The van der Waals surface area contributed by atoms with Crippen LogP contribution in [0.3, 0.4) is 0 Å². The first-order valence-corrected chi connectivity index (χ1v) is 11.6. The Hall–Kier alpha value is -3.30. The van der Waals surface area contributed by atoms with Crippen molar-refractivity contribution in [3.8, 4) is 0 Å². The van der Waals surface area contributed by atoms with Gasteiger partial charge in [-0.25, -0.2) is 9.59 Å². The number of likely N-dealkylation sites (tertiary alicyclic amines) is 1. The van der Waals surface area contributed by atoms with Crippen LogP contribution in [0.4, 0.5) is 26.3 Å². The topological polar surface area (TPSA) is 122 Å². The number of rotatable bonds is 6. The molecule has 4 rings (SSSR count). The molecule has 9 nitrogen and oxygen atoms in total. The van der Waals surface area contributed by atoms with E-state index in [9.17, 15) is 26.3 Å². The van der Waals surface area contributed by atoms with Crippen molar-refractivity contribution in [2.75, 3.05) is 13.2 Å². The molecule has 2 saturated heterocycles. The Morgan fingerprint density at radius 2 is 1.64 bits per heavy atom. The summed E-state index contributed by atoms with van der Waals surface area (Å²) in [5.74, 6) is -5.51. The molecule has 0 aromatic carbocycles. The zero-order valence-corrected chi connectivity index (χ0v) is 20.4. The third-order valence-corrected chi connectivity index (χ3v) is 5.62. The normalized spacial score (nSPS) is 21.0. The van der Waals surface area contributed by atoms with Crippen LogP contribution >= 0.6 is 0 Å². The van der Waals surface area contributed by atoms with Gasteiger partial charge in [-0.1, -0.05) is 12.1 Å². The Morgan fingerprint density at radius 1 is 0.974 bits per heavy atom. The van der Waals surface area contributed by atoms with E-state index in [0.717, 1.165) is 37.2 Å². The van der Waals surface area contributed by atoms with E-state index in [0.29, 0.717) is 25.4 Å². The SMILES string of the molecule is O=C(O)C(F)(F)F.O=C(O)C(F)(F)F.c1ccc(CN2CC[C@@H]3O[C@@H](COCc4cccnc4)CC[C@@H]32)nc1. The summed E-state index contributed by atoms with van der Waals surface area (Å²) < 4.78 is 75.6. The summed E-state index contributed by atoms with van der Waals surface area (Å²) in [6, 6.07) is 10.6. The lowest BCUT2D eigenvalue weighted by Gasteiger charge is -2.35.